The van der Waals surface area contributed by atoms with Gasteiger partial charge in [-0.2, -0.15) is 0 Å². The van der Waals surface area contributed by atoms with E-state index in [0.717, 1.165) is 34.5 Å². The molecule has 0 aliphatic rings. The minimum absolute atomic E-state index is 0.0103. The van der Waals surface area contributed by atoms with E-state index in [4.69, 9.17) is 9.72 Å². The molecule has 0 bridgehead atoms. The van der Waals surface area contributed by atoms with Gasteiger partial charge in [0, 0.05) is 12.1 Å². The van der Waals surface area contributed by atoms with Crippen LogP contribution in [-0.4, -0.2) is 49.6 Å². The van der Waals surface area contributed by atoms with Gasteiger partial charge in [-0.15, -0.1) is 0 Å². The predicted octanol–water partition coefficient (Wildman–Crippen LogP) is 4.91. The first-order valence-corrected chi connectivity index (χ1v) is 10.8. The molecule has 0 spiro atoms. The highest BCUT2D eigenvalue weighted by molar-refractivity contribution is 7.22. The smallest absolute Gasteiger partial charge is 0.260 e. The molecule has 0 aliphatic carbocycles. The average Bonchev–Trinajstić information content (AvgIpc) is 3.12. The molecule has 1 aromatic heterocycles. The second-order valence-corrected chi connectivity index (χ2v) is 8.45. The minimum atomic E-state index is -0.0103. The summed E-state index contributed by atoms with van der Waals surface area (Å²) in [6.45, 7) is 8.17. The van der Waals surface area contributed by atoms with Gasteiger partial charge in [-0.3, -0.25) is 9.69 Å². The number of carbonyl (C=O) groups excluding carboxylic acids is 1. The molecule has 0 saturated carbocycles. The van der Waals surface area contributed by atoms with Gasteiger partial charge in [0.1, 0.15) is 11.3 Å². The highest BCUT2D eigenvalue weighted by atomic mass is 32.1. The van der Waals surface area contributed by atoms with Gasteiger partial charge in [0.05, 0.1) is 11.3 Å². The Labute approximate surface area is 176 Å². The van der Waals surface area contributed by atoms with Crippen molar-refractivity contribution in [2.45, 2.75) is 27.2 Å². The molecule has 0 unspecified atom stereocenters. The number of fused-ring (bicyclic) bond motifs is 1. The Bertz CT molecular complexity index is 997. The van der Waals surface area contributed by atoms with Crippen molar-refractivity contribution in [3.05, 3.63) is 53.1 Å². The van der Waals surface area contributed by atoms with Crippen LogP contribution in [0.3, 0.4) is 0 Å². The van der Waals surface area contributed by atoms with Crippen molar-refractivity contribution in [3.8, 4) is 5.75 Å². The number of thiazole rings is 1. The van der Waals surface area contributed by atoms with E-state index < -0.39 is 0 Å². The molecule has 154 valence electrons. The number of aryl methyl sites for hydroxylation is 2. The summed E-state index contributed by atoms with van der Waals surface area (Å²) in [7, 11) is 4.09. The Morgan fingerprint density at radius 3 is 2.59 bits per heavy atom. The van der Waals surface area contributed by atoms with E-state index in [1.165, 1.54) is 16.9 Å². The minimum Gasteiger partial charge on any atom is -0.492 e. The topological polar surface area (TPSA) is 45.7 Å². The van der Waals surface area contributed by atoms with Crippen LogP contribution in [0.2, 0.25) is 0 Å². The summed E-state index contributed by atoms with van der Waals surface area (Å²) in [5, 5.41) is 0.717. The molecule has 0 fully saturated rings. The summed E-state index contributed by atoms with van der Waals surface area (Å²) in [5.74, 6) is 0.753. The maximum absolute atomic E-state index is 13.4. The molecule has 3 aromatic rings. The lowest BCUT2D eigenvalue weighted by Gasteiger charge is -2.21. The van der Waals surface area contributed by atoms with Gasteiger partial charge in [0.25, 0.3) is 5.91 Å². The van der Waals surface area contributed by atoms with E-state index in [9.17, 15) is 4.79 Å². The van der Waals surface area contributed by atoms with Crippen molar-refractivity contribution in [1.82, 2.24) is 9.88 Å². The molecular weight excluding hydrogens is 382 g/mol. The number of nitrogens with zero attached hydrogens (tertiary/aromatic N) is 3. The van der Waals surface area contributed by atoms with Crippen LogP contribution in [0.4, 0.5) is 5.13 Å². The first-order chi connectivity index (χ1) is 13.9. The van der Waals surface area contributed by atoms with E-state index in [2.05, 4.69) is 11.8 Å². The zero-order chi connectivity index (χ0) is 21.0. The van der Waals surface area contributed by atoms with Crippen LogP contribution < -0.4 is 9.64 Å². The summed E-state index contributed by atoms with van der Waals surface area (Å²) in [5.41, 5.74) is 3.82. The number of anilines is 1. The molecule has 29 heavy (non-hydrogen) atoms. The Hall–Kier alpha value is -2.44. The molecule has 0 N–H and O–H groups in total. The summed E-state index contributed by atoms with van der Waals surface area (Å²) < 4.78 is 6.76. The maximum Gasteiger partial charge on any atom is 0.260 e. The normalized spacial score (nSPS) is 11.2. The average molecular weight is 412 g/mol. The maximum atomic E-state index is 13.4. The van der Waals surface area contributed by atoms with Gasteiger partial charge in [-0.1, -0.05) is 23.5 Å². The third-order valence-corrected chi connectivity index (χ3v) is 5.93. The summed E-state index contributed by atoms with van der Waals surface area (Å²) in [6, 6.07) is 11.8. The van der Waals surface area contributed by atoms with Gasteiger partial charge in [-0.05, 0) is 83.2 Å². The van der Waals surface area contributed by atoms with E-state index >= 15 is 0 Å². The van der Waals surface area contributed by atoms with Crippen molar-refractivity contribution < 1.29 is 9.53 Å². The first-order valence-electron chi connectivity index (χ1n) is 9.97. The van der Waals surface area contributed by atoms with Crippen LogP contribution in [0, 0.1) is 13.8 Å². The number of benzene rings is 2. The Balaban J connectivity index is 1.98. The van der Waals surface area contributed by atoms with E-state index in [-0.39, 0.29) is 5.91 Å². The third kappa shape index (κ3) is 4.95. The lowest BCUT2D eigenvalue weighted by molar-refractivity contribution is 0.0986. The van der Waals surface area contributed by atoms with Crippen molar-refractivity contribution in [2.75, 3.05) is 38.7 Å². The fourth-order valence-corrected chi connectivity index (χ4v) is 4.17. The molecule has 6 heteroatoms. The molecule has 1 amide bonds. The van der Waals surface area contributed by atoms with Crippen molar-refractivity contribution in [1.29, 1.82) is 0 Å². The van der Waals surface area contributed by atoms with Crippen LogP contribution in [0.15, 0.2) is 36.4 Å². The lowest BCUT2D eigenvalue weighted by atomic mass is 10.1. The molecule has 1 heterocycles. The fourth-order valence-electron chi connectivity index (χ4n) is 3.16. The van der Waals surface area contributed by atoms with E-state index in [1.807, 2.05) is 69.2 Å². The van der Waals surface area contributed by atoms with Gasteiger partial charge in [0.2, 0.25) is 0 Å². The summed E-state index contributed by atoms with van der Waals surface area (Å²) >= 11 is 1.53. The summed E-state index contributed by atoms with van der Waals surface area (Å²) in [6.07, 6.45) is 0.873. The molecule has 2 aromatic carbocycles. The number of ether oxygens (including phenoxy) is 1. The second kappa shape index (κ2) is 9.37. The molecule has 0 aliphatic heterocycles. The zero-order valence-electron chi connectivity index (χ0n) is 17.9. The van der Waals surface area contributed by atoms with Crippen LogP contribution >= 0.6 is 11.3 Å². The number of aromatic nitrogens is 1. The van der Waals surface area contributed by atoms with E-state index in [0.29, 0.717) is 23.8 Å². The van der Waals surface area contributed by atoms with Crippen molar-refractivity contribution in [2.24, 2.45) is 0 Å². The molecule has 0 atom stereocenters. The Morgan fingerprint density at radius 1 is 1.10 bits per heavy atom. The SMILES string of the molecule is CCOc1cccc2sc(N(CCCN(C)C)C(=O)c3ccc(C)c(C)c3)nc12. The van der Waals surface area contributed by atoms with Gasteiger partial charge in [0.15, 0.2) is 5.13 Å². The summed E-state index contributed by atoms with van der Waals surface area (Å²) in [4.78, 5) is 22.2. The predicted molar refractivity (Wildman–Crippen MR) is 122 cm³/mol. The highest BCUT2D eigenvalue weighted by Gasteiger charge is 2.22. The molecule has 0 saturated heterocycles. The number of hydrogen-bond donors (Lipinski definition) is 0. The Morgan fingerprint density at radius 2 is 1.90 bits per heavy atom. The largest absolute Gasteiger partial charge is 0.492 e. The first kappa shape index (κ1) is 21.3. The van der Waals surface area contributed by atoms with Gasteiger partial charge < -0.3 is 9.64 Å². The number of amides is 1. The lowest BCUT2D eigenvalue weighted by Crippen LogP contribution is -2.33. The molecular formula is C23H29N3O2S. The fraction of sp³-hybridized carbons (Fsp3) is 0.391. The zero-order valence-corrected chi connectivity index (χ0v) is 18.7. The van der Waals surface area contributed by atoms with E-state index in [1.54, 1.807) is 0 Å². The number of hydrogen-bond acceptors (Lipinski definition) is 5. The van der Waals surface area contributed by atoms with Gasteiger partial charge in [-0.25, -0.2) is 4.98 Å². The molecule has 5 nitrogen and oxygen atoms in total. The monoisotopic (exact) mass is 411 g/mol. The molecule has 3 rings (SSSR count). The quantitative estimate of drug-likeness (QED) is 0.528. The van der Waals surface area contributed by atoms with Crippen LogP contribution in [-0.2, 0) is 0 Å². The standard InChI is InChI=1S/C23H29N3O2S/c1-6-28-19-9-7-10-20-21(19)24-23(29-20)26(14-8-13-25(4)5)22(27)18-12-11-16(2)17(3)15-18/h7,9-12,15H,6,8,13-14H2,1-5H3. The highest BCUT2D eigenvalue weighted by Crippen LogP contribution is 2.35. The number of para-hydroxylation sites is 1. The number of rotatable bonds is 8. The van der Waals surface area contributed by atoms with Crippen molar-refractivity contribution >= 4 is 32.6 Å². The molecule has 0 radical (unpaired) electrons. The van der Waals surface area contributed by atoms with Crippen LogP contribution in [0.5, 0.6) is 5.75 Å². The van der Waals surface area contributed by atoms with Gasteiger partial charge >= 0.3 is 0 Å². The third-order valence-electron chi connectivity index (χ3n) is 4.89. The van der Waals surface area contributed by atoms with Crippen LogP contribution in [0.25, 0.3) is 10.2 Å². The number of carbonyl (C=O) groups is 1. The Kier molecular flexibility index (Phi) is 6.87. The van der Waals surface area contributed by atoms with Crippen molar-refractivity contribution in [3.63, 3.8) is 0 Å². The second-order valence-electron chi connectivity index (χ2n) is 7.45. The van der Waals surface area contributed by atoms with Crippen LogP contribution in [0.1, 0.15) is 34.8 Å².